The minimum atomic E-state index is -4.70. The van der Waals surface area contributed by atoms with Crippen molar-refractivity contribution in [3.63, 3.8) is 0 Å². The second-order valence-corrected chi connectivity index (χ2v) is 7.27. The van der Waals surface area contributed by atoms with Crippen molar-refractivity contribution >= 4 is 10.8 Å². The molecule has 154 valence electrons. The van der Waals surface area contributed by atoms with Crippen LogP contribution in [0.1, 0.15) is 38.2 Å². The summed E-state index contributed by atoms with van der Waals surface area (Å²) in [7, 11) is 0. The van der Waals surface area contributed by atoms with Crippen molar-refractivity contribution in [3.8, 4) is 16.9 Å². The minimum absolute atomic E-state index is 0.234. The van der Waals surface area contributed by atoms with Crippen molar-refractivity contribution in [1.82, 2.24) is 0 Å². The van der Waals surface area contributed by atoms with Crippen molar-refractivity contribution < 1.29 is 22.3 Å². The van der Waals surface area contributed by atoms with Gasteiger partial charge in [0.2, 0.25) is 0 Å². The third kappa shape index (κ3) is 6.21. The van der Waals surface area contributed by atoms with Crippen molar-refractivity contribution in [2.75, 3.05) is 0 Å². The maximum absolute atomic E-state index is 14.1. The van der Waals surface area contributed by atoms with Crippen LogP contribution in [0.15, 0.2) is 60.7 Å². The molecule has 1 nitrogen and oxygen atoms in total. The zero-order chi connectivity index (χ0) is 20.9. The van der Waals surface area contributed by atoms with Gasteiger partial charge in [-0.25, -0.2) is 4.39 Å². The maximum atomic E-state index is 14.1. The molecule has 0 amide bonds. The lowest BCUT2D eigenvalue weighted by molar-refractivity contribution is -0.274. The zero-order valence-corrected chi connectivity index (χ0v) is 16.3. The van der Waals surface area contributed by atoms with Gasteiger partial charge in [0.25, 0.3) is 0 Å². The van der Waals surface area contributed by atoms with E-state index in [0.717, 1.165) is 41.3 Å². The second-order valence-electron chi connectivity index (χ2n) is 7.27. The van der Waals surface area contributed by atoms with Crippen LogP contribution < -0.4 is 4.74 Å². The summed E-state index contributed by atoms with van der Waals surface area (Å²) in [5.41, 5.74) is 2.90. The number of hydrogen-bond acceptors (Lipinski definition) is 1. The van der Waals surface area contributed by atoms with Crippen LogP contribution >= 0.6 is 0 Å². The van der Waals surface area contributed by atoms with Gasteiger partial charge in [0.1, 0.15) is 11.9 Å². The van der Waals surface area contributed by atoms with Gasteiger partial charge in [-0.1, -0.05) is 68.7 Å². The second kappa shape index (κ2) is 9.29. The number of benzene rings is 3. The van der Waals surface area contributed by atoms with Crippen molar-refractivity contribution in [3.05, 3.63) is 66.2 Å². The van der Waals surface area contributed by atoms with Crippen LogP contribution in [0.4, 0.5) is 17.6 Å². The molecule has 0 aliphatic heterocycles. The Hall–Kier alpha value is -2.56. The Labute approximate surface area is 168 Å². The first-order valence-corrected chi connectivity index (χ1v) is 9.87. The topological polar surface area (TPSA) is 9.23 Å². The molecule has 0 radical (unpaired) electrons. The van der Waals surface area contributed by atoms with Crippen LogP contribution in [0, 0.1) is 0 Å². The molecule has 0 aromatic heterocycles. The molecule has 0 spiro atoms. The fraction of sp³-hybridized carbons (Fsp3) is 0.333. The van der Waals surface area contributed by atoms with E-state index in [1.807, 2.05) is 36.4 Å². The van der Waals surface area contributed by atoms with E-state index in [9.17, 15) is 17.6 Å². The maximum Gasteiger partial charge on any atom is 0.573 e. The van der Waals surface area contributed by atoms with E-state index in [-0.39, 0.29) is 5.75 Å². The highest BCUT2D eigenvalue weighted by atomic mass is 19.4. The van der Waals surface area contributed by atoms with Crippen molar-refractivity contribution in [2.45, 2.75) is 51.6 Å². The van der Waals surface area contributed by atoms with E-state index in [0.29, 0.717) is 18.2 Å². The molecule has 0 heterocycles. The molecule has 3 aromatic carbocycles. The molecular formula is C24H24F4O. The number of halogens is 4. The van der Waals surface area contributed by atoms with Gasteiger partial charge < -0.3 is 4.74 Å². The highest BCUT2D eigenvalue weighted by molar-refractivity contribution is 5.88. The van der Waals surface area contributed by atoms with Gasteiger partial charge in [0.05, 0.1) is 0 Å². The summed E-state index contributed by atoms with van der Waals surface area (Å²) in [4.78, 5) is 0. The molecule has 0 aliphatic carbocycles. The number of alkyl halides is 4. The summed E-state index contributed by atoms with van der Waals surface area (Å²) in [5, 5.41) is 1.49. The molecule has 0 saturated carbocycles. The van der Waals surface area contributed by atoms with Crippen molar-refractivity contribution in [1.29, 1.82) is 0 Å². The summed E-state index contributed by atoms with van der Waals surface area (Å²) in [5.74, 6) is -0.234. The number of fused-ring (bicyclic) bond motifs is 1. The van der Waals surface area contributed by atoms with E-state index in [1.54, 1.807) is 12.1 Å². The molecule has 1 atom stereocenters. The van der Waals surface area contributed by atoms with Gasteiger partial charge in [-0.2, -0.15) is 0 Å². The minimum Gasteiger partial charge on any atom is -0.406 e. The molecule has 3 aromatic rings. The largest absolute Gasteiger partial charge is 0.573 e. The predicted molar refractivity (Wildman–Crippen MR) is 109 cm³/mol. The highest BCUT2D eigenvalue weighted by Gasteiger charge is 2.31. The zero-order valence-electron chi connectivity index (χ0n) is 16.3. The van der Waals surface area contributed by atoms with E-state index in [4.69, 9.17) is 0 Å². The van der Waals surface area contributed by atoms with E-state index < -0.39 is 12.5 Å². The Morgan fingerprint density at radius 2 is 1.48 bits per heavy atom. The van der Waals surface area contributed by atoms with E-state index in [1.165, 1.54) is 12.1 Å². The summed E-state index contributed by atoms with van der Waals surface area (Å²) < 4.78 is 55.1. The first kappa shape index (κ1) is 21.2. The third-order valence-corrected chi connectivity index (χ3v) is 4.91. The van der Waals surface area contributed by atoms with E-state index in [2.05, 4.69) is 11.7 Å². The summed E-state index contributed by atoms with van der Waals surface area (Å²) in [6.07, 6.45) is -1.44. The van der Waals surface area contributed by atoms with Crippen LogP contribution in [0.25, 0.3) is 21.9 Å². The van der Waals surface area contributed by atoms with Crippen LogP contribution in [0.5, 0.6) is 5.75 Å². The first-order valence-electron chi connectivity index (χ1n) is 9.87. The monoisotopic (exact) mass is 404 g/mol. The lowest BCUT2D eigenvalue weighted by atomic mass is 9.98. The molecule has 0 aliphatic rings. The Morgan fingerprint density at radius 1 is 0.828 bits per heavy atom. The number of unbranched alkanes of at least 4 members (excludes halogenated alkanes) is 2. The van der Waals surface area contributed by atoms with Crippen LogP contribution in [0.3, 0.4) is 0 Å². The fourth-order valence-corrected chi connectivity index (χ4v) is 3.41. The van der Waals surface area contributed by atoms with Gasteiger partial charge >= 0.3 is 6.36 Å². The van der Waals surface area contributed by atoms with Gasteiger partial charge in [-0.15, -0.1) is 13.2 Å². The molecule has 29 heavy (non-hydrogen) atoms. The molecule has 0 fully saturated rings. The van der Waals surface area contributed by atoms with Crippen LogP contribution in [0.2, 0.25) is 0 Å². The smallest absolute Gasteiger partial charge is 0.406 e. The standard InChI is InChI=1S/C24H24F4O/c1-2-3-4-5-22(25)14-17-6-8-18(9-7-17)19-10-11-21-16-23(29-24(26,27)28)13-12-20(21)15-19/h6-13,15-16,22H,2-5,14H2,1H3. The predicted octanol–water partition coefficient (Wildman–Crippen LogP) is 7.87. The van der Waals surface area contributed by atoms with Crippen molar-refractivity contribution in [2.24, 2.45) is 0 Å². The molecular weight excluding hydrogens is 380 g/mol. The average molecular weight is 404 g/mol. The molecule has 5 heteroatoms. The highest BCUT2D eigenvalue weighted by Crippen LogP contribution is 2.30. The lowest BCUT2D eigenvalue weighted by Crippen LogP contribution is -2.16. The Bertz CT molecular complexity index is 932. The molecule has 1 unspecified atom stereocenters. The van der Waals surface area contributed by atoms with Gasteiger partial charge in [0, 0.05) is 6.42 Å². The van der Waals surface area contributed by atoms with Gasteiger partial charge in [0.15, 0.2) is 0 Å². The normalized spacial score (nSPS) is 12.9. The molecule has 0 saturated heterocycles. The summed E-state index contributed by atoms with van der Waals surface area (Å²) >= 11 is 0. The average Bonchev–Trinajstić information content (AvgIpc) is 2.67. The Morgan fingerprint density at radius 3 is 2.17 bits per heavy atom. The SMILES string of the molecule is CCCCCC(F)Cc1ccc(-c2ccc3cc(OC(F)(F)F)ccc3c2)cc1. The molecule has 0 N–H and O–H groups in total. The summed E-state index contributed by atoms with van der Waals surface area (Å²) in [6, 6.07) is 17.6. The number of hydrogen-bond donors (Lipinski definition) is 0. The first-order chi connectivity index (χ1) is 13.8. The quantitative estimate of drug-likeness (QED) is 0.274. The number of rotatable bonds is 8. The van der Waals surface area contributed by atoms with Gasteiger partial charge in [-0.3, -0.25) is 0 Å². The Kier molecular flexibility index (Phi) is 6.78. The fourth-order valence-electron chi connectivity index (χ4n) is 3.41. The summed E-state index contributed by atoms with van der Waals surface area (Å²) in [6.45, 7) is 2.11. The van der Waals surface area contributed by atoms with Crippen LogP contribution in [-0.4, -0.2) is 12.5 Å². The Balaban J connectivity index is 1.70. The molecule has 0 bridgehead atoms. The van der Waals surface area contributed by atoms with Gasteiger partial charge in [-0.05, 0) is 52.1 Å². The number of ether oxygens (including phenoxy) is 1. The van der Waals surface area contributed by atoms with E-state index >= 15 is 0 Å². The van der Waals surface area contributed by atoms with Crippen LogP contribution in [-0.2, 0) is 6.42 Å². The molecule has 3 rings (SSSR count). The lowest BCUT2D eigenvalue weighted by Gasteiger charge is -2.11. The third-order valence-electron chi connectivity index (χ3n) is 4.91.